The van der Waals surface area contributed by atoms with Crippen LogP contribution in [-0.2, 0) is 11.4 Å². The quantitative estimate of drug-likeness (QED) is 0.164. The first kappa shape index (κ1) is 29.7. The van der Waals surface area contributed by atoms with Crippen molar-refractivity contribution in [1.29, 1.82) is 0 Å². The van der Waals surface area contributed by atoms with Gasteiger partial charge < -0.3 is 24.8 Å². The molecule has 0 aliphatic rings. The minimum absolute atomic E-state index is 0.0974. The maximum atomic E-state index is 13.4. The van der Waals surface area contributed by atoms with Crippen molar-refractivity contribution in [3.8, 4) is 16.9 Å². The zero-order chi connectivity index (χ0) is 29.4. The summed E-state index contributed by atoms with van der Waals surface area (Å²) in [6.45, 7) is 0.832. The molecule has 9 nitrogen and oxygen atoms in total. The second-order valence-electron chi connectivity index (χ2n) is 9.14. The van der Waals surface area contributed by atoms with Crippen LogP contribution in [0.2, 0.25) is 5.02 Å². The van der Waals surface area contributed by atoms with E-state index in [-0.39, 0.29) is 11.8 Å². The van der Waals surface area contributed by atoms with Crippen LogP contribution in [0.15, 0.2) is 90.1 Å². The first-order valence-electron chi connectivity index (χ1n) is 12.7. The fourth-order valence-electron chi connectivity index (χ4n) is 3.98. The summed E-state index contributed by atoms with van der Waals surface area (Å²) in [6.07, 6.45) is 2.94. The molecule has 41 heavy (non-hydrogen) atoms. The molecule has 1 heterocycles. The molecule has 0 radical (unpaired) electrons. The standard InChI is InChI=1S/C30H30ClN5O4S/c1-36(2)30(38)22-7-4-6-20(16-22)21-10-11-27(40-3)28(17-21)41(39)35-24-9-5-8-23(18-24)33-14-15-34-29(37)25-12-13-32-19-26(25)31/h4-13,16-19,33,35H,14-15H2,1-3H3,(H,34,37). The van der Waals surface area contributed by atoms with E-state index < -0.39 is 11.4 Å². The lowest BCUT2D eigenvalue weighted by Gasteiger charge is -2.16. The average molecular weight is 592 g/mol. The molecule has 3 N–H and O–H groups in total. The number of halogens is 1. The highest BCUT2D eigenvalue weighted by atomic mass is 35.5. The van der Waals surface area contributed by atoms with Crippen molar-refractivity contribution in [3.63, 3.8) is 0 Å². The fraction of sp³-hybridized carbons (Fsp3) is 0.167. The molecule has 3 aromatic carbocycles. The van der Waals surface area contributed by atoms with E-state index in [4.69, 9.17) is 16.3 Å². The van der Waals surface area contributed by atoms with Crippen LogP contribution in [0.3, 0.4) is 0 Å². The molecule has 0 aliphatic carbocycles. The summed E-state index contributed by atoms with van der Waals surface area (Å²) in [5.41, 5.74) is 3.97. The number of rotatable bonds is 11. The number of carbonyl (C=O) groups is 2. The van der Waals surface area contributed by atoms with Crippen molar-refractivity contribution in [2.75, 3.05) is 44.3 Å². The molecule has 1 atom stereocenters. The minimum atomic E-state index is -1.65. The Morgan fingerprint density at radius 2 is 1.73 bits per heavy atom. The van der Waals surface area contributed by atoms with Crippen LogP contribution in [0.25, 0.3) is 11.1 Å². The third-order valence-corrected chi connectivity index (χ3v) is 7.48. The second kappa shape index (κ2) is 13.9. The highest BCUT2D eigenvalue weighted by Crippen LogP contribution is 2.32. The van der Waals surface area contributed by atoms with Gasteiger partial charge in [-0.05, 0) is 53.6 Å². The number of pyridine rings is 1. The average Bonchev–Trinajstić information content (AvgIpc) is 2.99. The summed E-state index contributed by atoms with van der Waals surface area (Å²) in [6, 6.07) is 21.6. The van der Waals surface area contributed by atoms with E-state index in [9.17, 15) is 14.1 Å². The van der Waals surface area contributed by atoms with Gasteiger partial charge in [-0.15, -0.1) is 0 Å². The van der Waals surface area contributed by atoms with Gasteiger partial charge >= 0.3 is 0 Å². The molecule has 0 spiro atoms. The number of aromatic nitrogens is 1. The molecular weight excluding hydrogens is 562 g/mol. The Morgan fingerprint density at radius 3 is 2.49 bits per heavy atom. The Bertz CT molecular complexity index is 1530. The number of anilines is 2. The predicted molar refractivity (Wildman–Crippen MR) is 163 cm³/mol. The van der Waals surface area contributed by atoms with E-state index in [1.165, 1.54) is 24.4 Å². The number of hydrogen-bond acceptors (Lipinski definition) is 7. The normalized spacial score (nSPS) is 11.3. The number of nitrogens with one attached hydrogen (secondary N) is 3. The lowest BCUT2D eigenvalue weighted by Crippen LogP contribution is -2.29. The van der Waals surface area contributed by atoms with Crippen molar-refractivity contribution >= 4 is 46.2 Å². The highest BCUT2D eigenvalue weighted by molar-refractivity contribution is 7.92. The van der Waals surface area contributed by atoms with Gasteiger partial charge in [0.25, 0.3) is 11.8 Å². The van der Waals surface area contributed by atoms with Crippen LogP contribution in [-0.4, -0.2) is 60.5 Å². The first-order valence-corrected chi connectivity index (χ1v) is 14.2. The maximum absolute atomic E-state index is 13.4. The maximum Gasteiger partial charge on any atom is 0.253 e. The number of nitrogens with zero attached hydrogens (tertiary/aromatic N) is 2. The number of benzene rings is 3. The lowest BCUT2D eigenvalue weighted by atomic mass is 10.0. The van der Waals surface area contributed by atoms with Gasteiger partial charge in [0, 0.05) is 56.9 Å². The number of carbonyl (C=O) groups excluding carboxylic acids is 2. The molecule has 0 saturated carbocycles. The highest BCUT2D eigenvalue weighted by Gasteiger charge is 2.20. The molecular formula is C30H30ClN5O4S. The number of hydrogen-bond donors (Lipinski definition) is 3. The van der Waals surface area contributed by atoms with Gasteiger partial charge in [0.2, 0.25) is 4.90 Å². The monoisotopic (exact) mass is 591 g/mol. The Labute approximate surface area is 247 Å². The van der Waals surface area contributed by atoms with Gasteiger partial charge in [-0.25, -0.2) is 4.72 Å². The molecule has 0 aliphatic heterocycles. The third kappa shape index (κ3) is 7.69. The molecule has 4 aromatic rings. The summed E-state index contributed by atoms with van der Waals surface area (Å²) in [5, 5.41) is 6.34. The van der Waals surface area contributed by atoms with E-state index in [2.05, 4.69) is 20.3 Å². The van der Waals surface area contributed by atoms with Crippen LogP contribution < -0.4 is 20.1 Å². The Kier molecular flexibility index (Phi) is 10.1. The molecule has 0 saturated heterocycles. The summed E-state index contributed by atoms with van der Waals surface area (Å²) in [5.74, 6) is 0.0940. The summed E-state index contributed by atoms with van der Waals surface area (Å²) in [7, 11) is 4.94. The van der Waals surface area contributed by atoms with Crippen molar-refractivity contribution in [2.24, 2.45) is 0 Å². The summed E-state index contributed by atoms with van der Waals surface area (Å²) >= 11 is 4.38. The van der Waals surface area contributed by atoms with Gasteiger partial charge in [0.15, 0.2) is 5.75 Å². The molecule has 1 unspecified atom stereocenters. The Balaban J connectivity index is 1.41. The van der Waals surface area contributed by atoms with E-state index in [0.29, 0.717) is 45.6 Å². The molecule has 1 aromatic heterocycles. The molecule has 2 amide bonds. The van der Waals surface area contributed by atoms with E-state index in [1.54, 1.807) is 38.4 Å². The van der Waals surface area contributed by atoms with Crippen molar-refractivity contribution < 1.29 is 18.9 Å². The summed E-state index contributed by atoms with van der Waals surface area (Å²) in [4.78, 5) is 30.6. The van der Waals surface area contributed by atoms with Gasteiger partial charge in [-0.3, -0.25) is 14.6 Å². The zero-order valence-electron chi connectivity index (χ0n) is 22.8. The molecule has 212 valence electrons. The Hall–Kier alpha value is -4.25. The predicted octanol–water partition coefficient (Wildman–Crippen LogP) is 5.09. The number of ether oxygens (including phenoxy) is 1. The fourth-order valence-corrected chi connectivity index (χ4v) is 5.21. The zero-order valence-corrected chi connectivity index (χ0v) is 24.4. The topological polar surface area (TPSA) is 119 Å². The van der Waals surface area contributed by atoms with Crippen molar-refractivity contribution in [1.82, 2.24) is 15.2 Å². The largest absolute Gasteiger partial charge is 0.588 e. The number of methoxy groups -OCH3 is 1. The molecule has 11 heteroatoms. The SMILES string of the molecule is COc1ccc(-c2cccc(C(=O)N(C)C)c2)cc1[S+]([O-])Nc1cccc(NCCNC(=O)c2ccncc2Cl)c1. The van der Waals surface area contributed by atoms with E-state index >= 15 is 0 Å². The van der Waals surface area contributed by atoms with Gasteiger partial charge in [0.1, 0.15) is 11.4 Å². The van der Waals surface area contributed by atoms with Crippen molar-refractivity contribution in [3.05, 3.63) is 101 Å². The van der Waals surface area contributed by atoms with E-state index in [1.807, 2.05) is 48.5 Å². The minimum Gasteiger partial charge on any atom is -0.588 e. The van der Waals surface area contributed by atoms with Crippen molar-refractivity contribution in [2.45, 2.75) is 4.90 Å². The van der Waals surface area contributed by atoms with Crippen LogP contribution >= 0.6 is 11.6 Å². The second-order valence-corrected chi connectivity index (χ2v) is 10.7. The molecule has 0 bridgehead atoms. The third-order valence-electron chi connectivity index (χ3n) is 6.04. The summed E-state index contributed by atoms with van der Waals surface area (Å²) < 4.78 is 21.9. The number of amides is 2. The smallest absolute Gasteiger partial charge is 0.253 e. The van der Waals surface area contributed by atoms with Crippen LogP contribution in [0.4, 0.5) is 11.4 Å². The Morgan fingerprint density at radius 1 is 0.976 bits per heavy atom. The van der Waals surface area contributed by atoms with Crippen LogP contribution in [0, 0.1) is 0 Å². The van der Waals surface area contributed by atoms with Gasteiger partial charge in [-0.1, -0.05) is 35.9 Å². The van der Waals surface area contributed by atoms with Gasteiger partial charge in [0.05, 0.1) is 23.4 Å². The first-order chi connectivity index (χ1) is 19.8. The lowest BCUT2D eigenvalue weighted by molar-refractivity contribution is 0.0827. The van der Waals surface area contributed by atoms with E-state index in [0.717, 1.165) is 16.8 Å². The van der Waals surface area contributed by atoms with Crippen LogP contribution in [0.5, 0.6) is 5.75 Å². The van der Waals surface area contributed by atoms with Gasteiger partial charge in [-0.2, -0.15) is 0 Å². The van der Waals surface area contributed by atoms with Crippen LogP contribution in [0.1, 0.15) is 20.7 Å². The molecule has 4 rings (SSSR count). The molecule has 0 fully saturated rings.